The van der Waals surface area contributed by atoms with E-state index in [2.05, 4.69) is 23.0 Å². The molecule has 0 fully saturated rings. The van der Waals surface area contributed by atoms with Crippen LogP contribution in [0.25, 0.3) is 0 Å². The van der Waals surface area contributed by atoms with Crippen molar-refractivity contribution in [1.29, 1.82) is 0 Å². The maximum absolute atomic E-state index is 5.89. The fraction of sp³-hybridized carbons (Fsp3) is 0.500. The molecule has 4 nitrogen and oxygen atoms in total. The van der Waals surface area contributed by atoms with Crippen LogP contribution in [0.5, 0.6) is 11.5 Å². The summed E-state index contributed by atoms with van der Waals surface area (Å²) >= 11 is 0. The zero-order chi connectivity index (χ0) is 17.0. The molecule has 1 heterocycles. The summed E-state index contributed by atoms with van der Waals surface area (Å²) in [5.41, 5.74) is 2.24. The van der Waals surface area contributed by atoms with Gasteiger partial charge in [-0.25, -0.2) is 9.97 Å². The van der Waals surface area contributed by atoms with Gasteiger partial charge in [0.15, 0.2) is 11.5 Å². The van der Waals surface area contributed by atoms with Gasteiger partial charge in [0.1, 0.15) is 6.33 Å². The van der Waals surface area contributed by atoms with E-state index >= 15 is 0 Å². The van der Waals surface area contributed by atoms with E-state index in [1.807, 2.05) is 24.5 Å². The van der Waals surface area contributed by atoms with E-state index in [1.54, 1.807) is 13.4 Å². The number of aromatic nitrogens is 2. The van der Waals surface area contributed by atoms with Crippen LogP contribution in [0.15, 0.2) is 36.9 Å². The van der Waals surface area contributed by atoms with Crippen LogP contribution in [-0.2, 0) is 6.42 Å². The number of nitrogens with zero attached hydrogens (tertiary/aromatic N) is 2. The summed E-state index contributed by atoms with van der Waals surface area (Å²) in [6, 6.07) is 6.10. The third kappa shape index (κ3) is 6.19. The van der Waals surface area contributed by atoms with Crippen molar-refractivity contribution < 1.29 is 9.47 Å². The zero-order valence-corrected chi connectivity index (χ0v) is 14.8. The van der Waals surface area contributed by atoms with Crippen molar-refractivity contribution in [3.8, 4) is 11.5 Å². The summed E-state index contributed by atoms with van der Waals surface area (Å²) in [6.45, 7) is 2.98. The normalized spacial score (nSPS) is 10.6. The Balaban J connectivity index is 1.83. The van der Waals surface area contributed by atoms with Gasteiger partial charge in [0, 0.05) is 18.8 Å². The minimum Gasteiger partial charge on any atom is -0.493 e. The Morgan fingerprint density at radius 3 is 2.38 bits per heavy atom. The molecule has 1 aromatic heterocycles. The molecule has 0 aliphatic carbocycles. The highest BCUT2D eigenvalue weighted by Crippen LogP contribution is 2.29. The number of methoxy groups -OCH3 is 1. The topological polar surface area (TPSA) is 44.2 Å². The SMILES string of the molecule is CCCCCCCCOc1ccc(Cc2cncnc2)cc1OC. The summed E-state index contributed by atoms with van der Waals surface area (Å²) in [6.07, 6.45) is 13.6. The number of ether oxygens (including phenoxy) is 2. The average Bonchev–Trinajstić information content (AvgIpc) is 2.62. The third-order valence-electron chi connectivity index (χ3n) is 4.01. The summed E-state index contributed by atoms with van der Waals surface area (Å²) in [7, 11) is 1.68. The Kier molecular flexibility index (Phi) is 8.08. The van der Waals surface area contributed by atoms with Crippen LogP contribution in [0.3, 0.4) is 0 Å². The number of hydrogen-bond acceptors (Lipinski definition) is 4. The third-order valence-corrected chi connectivity index (χ3v) is 4.01. The van der Waals surface area contributed by atoms with E-state index in [1.165, 1.54) is 32.1 Å². The molecule has 0 N–H and O–H groups in total. The molecule has 0 atom stereocenters. The van der Waals surface area contributed by atoms with Crippen LogP contribution in [-0.4, -0.2) is 23.7 Å². The lowest BCUT2D eigenvalue weighted by atomic mass is 10.1. The summed E-state index contributed by atoms with van der Waals surface area (Å²) in [5.74, 6) is 1.61. The molecular formula is C20H28N2O2. The van der Waals surface area contributed by atoms with Gasteiger partial charge in [-0.05, 0) is 29.7 Å². The molecule has 0 bridgehead atoms. The van der Waals surface area contributed by atoms with E-state index in [0.29, 0.717) is 0 Å². The van der Waals surface area contributed by atoms with E-state index in [4.69, 9.17) is 9.47 Å². The van der Waals surface area contributed by atoms with E-state index in [-0.39, 0.29) is 0 Å². The second-order valence-corrected chi connectivity index (χ2v) is 6.02. The first kappa shape index (κ1) is 18.2. The molecule has 0 aliphatic heterocycles. The molecule has 0 aliphatic rings. The lowest BCUT2D eigenvalue weighted by molar-refractivity contribution is 0.284. The van der Waals surface area contributed by atoms with Gasteiger partial charge in [0.2, 0.25) is 0 Å². The number of benzene rings is 1. The standard InChI is InChI=1S/C20H28N2O2/c1-3-4-5-6-7-8-11-24-19-10-9-17(13-20(19)23-2)12-18-14-21-16-22-15-18/h9-10,13-16H,3-8,11-12H2,1-2H3. The molecule has 1 aromatic carbocycles. The first-order chi connectivity index (χ1) is 11.8. The molecule has 130 valence electrons. The van der Waals surface area contributed by atoms with Gasteiger partial charge in [-0.2, -0.15) is 0 Å². The quantitative estimate of drug-likeness (QED) is 0.555. The van der Waals surface area contributed by atoms with Crippen LogP contribution in [0.2, 0.25) is 0 Å². The molecule has 24 heavy (non-hydrogen) atoms. The number of rotatable bonds is 11. The molecule has 0 amide bonds. The summed E-state index contributed by atoms with van der Waals surface area (Å²) in [5, 5.41) is 0. The Morgan fingerprint density at radius 1 is 0.875 bits per heavy atom. The highest BCUT2D eigenvalue weighted by molar-refractivity contribution is 5.44. The average molecular weight is 328 g/mol. The highest BCUT2D eigenvalue weighted by Gasteiger charge is 2.07. The van der Waals surface area contributed by atoms with Gasteiger partial charge >= 0.3 is 0 Å². The molecule has 4 heteroatoms. The lowest BCUT2D eigenvalue weighted by Crippen LogP contribution is -2.00. The van der Waals surface area contributed by atoms with Crippen LogP contribution in [0.1, 0.15) is 56.6 Å². The van der Waals surface area contributed by atoms with Crippen molar-refractivity contribution in [2.45, 2.75) is 51.9 Å². The van der Waals surface area contributed by atoms with Crippen molar-refractivity contribution in [1.82, 2.24) is 9.97 Å². The highest BCUT2D eigenvalue weighted by atomic mass is 16.5. The maximum Gasteiger partial charge on any atom is 0.161 e. The minimum atomic E-state index is 0.744. The van der Waals surface area contributed by atoms with Crippen molar-refractivity contribution in [3.05, 3.63) is 48.0 Å². The molecule has 0 unspecified atom stereocenters. The largest absolute Gasteiger partial charge is 0.493 e. The van der Waals surface area contributed by atoms with E-state index in [9.17, 15) is 0 Å². The van der Waals surface area contributed by atoms with Crippen molar-refractivity contribution in [3.63, 3.8) is 0 Å². The van der Waals surface area contributed by atoms with Crippen LogP contribution in [0, 0.1) is 0 Å². The maximum atomic E-state index is 5.89. The predicted molar refractivity (Wildman–Crippen MR) is 96.7 cm³/mol. The molecule has 2 rings (SSSR count). The van der Waals surface area contributed by atoms with Gasteiger partial charge < -0.3 is 9.47 Å². The zero-order valence-electron chi connectivity index (χ0n) is 14.8. The van der Waals surface area contributed by atoms with Gasteiger partial charge in [0.25, 0.3) is 0 Å². The van der Waals surface area contributed by atoms with Gasteiger partial charge in [-0.15, -0.1) is 0 Å². The Bertz CT molecular complexity index is 587. The van der Waals surface area contributed by atoms with Crippen LogP contribution >= 0.6 is 0 Å². The number of hydrogen-bond donors (Lipinski definition) is 0. The fourth-order valence-electron chi connectivity index (χ4n) is 2.66. The molecule has 2 aromatic rings. The summed E-state index contributed by atoms with van der Waals surface area (Å²) in [4.78, 5) is 8.10. The second-order valence-electron chi connectivity index (χ2n) is 6.02. The molecular weight excluding hydrogens is 300 g/mol. The lowest BCUT2D eigenvalue weighted by Gasteiger charge is -2.12. The second kappa shape index (κ2) is 10.6. The van der Waals surface area contributed by atoms with Gasteiger partial charge in [0.05, 0.1) is 13.7 Å². The van der Waals surface area contributed by atoms with Crippen LogP contribution < -0.4 is 9.47 Å². The molecule has 0 saturated carbocycles. The smallest absolute Gasteiger partial charge is 0.161 e. The van der Waals surface area contributed by atoms with Crippen LogP contribution in [0.4, 0.5) is 0 Å². The van der Waals surface area contributed by atoms with E-state index in [0.717, 1.165) is 42.1 Å². The minimum absolute atomic E-state index is 0.744. The fourth-order valence-corrected chi connectivity index (χ4v) is 2.66. The number of unbranched alkanes of at least 4 members (excludes halogenated alkanes) is 5. The van der Waals surface area contributed by atoms with Crippen molar-refractivity contribution in [2.75, 3.05) is 13.7 Å². The van der Waals surface area contributed by atoms with Gasteiger partial charge in [-0.3, -0.25) is 0 Å². The van der Waals surface area contributed by atoms with E-state index < -0.39 is 0 Å². The molecule has 0 saturated heterocycles. The van der Waals surface area contributed by atoms with Crippen molar-refractivity contribution in [2.24, 2.45) is 0 Å². The first-order valence-electron chi connectivity index (χ1n) is 8.87. The Labute approximate surface area is 145 Å². The van der Waals surface area contributed by atoms with Gasteiger partial charge in [-0.1, -0.05) is 45.1 Å². The predicted octanol–water partition coefficient (Wildman–Crippen LogP) is 4.82. The molecule has 0 radical (unpaired) electrons. The Hall–Kier alpha value is -2.10. The monoisotopic (exact) mass is 328 g/mol. The Morgan fingerprint density at radius 2 is 1.62 bits per heavy atom. The molecule has 0 spiro atoms. The first-order valence-corrected chi connectivity index (χ1v) is 8.87. The summed E-state index contributed by atoms with van der Waals surface area (Å²) < 4.78 is 11.4. The van der Waals surface area contributed by atoms with Crippen molar-refractivity contribution >= 4 is 0 Å².